The summed E-state index contributed by atoms with van der Waals surface area (Å²) < 4.78 is 0. The molecule has 0 radical (unpaired) electrons. The minimum atomic E-state index is -0.0975. The molecule has 2 aromatic rings. The van der Waals surface area contributed by atoms with Crippen LogP contribution in [-0.4, -0.2) is 22.8 Å². The first-order valence-corrected chi connectivity index (χ1v) is 7.03. The van der Waals surface area contributed by atoms with Gasteiger partial charge in [-0.1, -0.05) is 23.7 Å². The zero-order valence-electron chi connectivity index (χ0n) is 12.3. The highest BCUT2D eigenvalue weighted by Crippen LogP contribution is 2.23. The molecule has 2 rings (SSSR count). The van der Waals surface area contributed by atoms with Crippen molar-refractivity contribution in [1.29, 1.82) is 0 Å². The summed E-state index contributed by atoms with van der Waals surface area (Å²) in [6, 6.07) is 10.7. The number of nitrogens with two attached hydrogens (primary N) is 1. The van der Waals surface area contributed by atoms with Crippen LogP contribution >= 0.6 is 11.6 Å². The van der Waals surface area contributed by atoms with Crippen molar-refractivity contribution in [2.75, 3.05) is 12.8 Å². The van der Waals surface area contributed by atoms with E-state index in [-0.39, 0.29) is 11.9 Å². The van der Waals surface area contributed by atoms with Gasteiger partial charge in [0.25, 0.3) is 5.91 Å². The SMILES string of the molecule is Cc1cc(C(=O)N(C)C(C)c2cccc(Cl)c2)cc(N)n1. The third kappa shape index (κ3) is 3.52. The summed E-state index contributed by atoms with van der Waals surface area (Å²) >= 11 is 6.00. The number of hydrogen-bond acceptors (Lipinski definition) is 3. The number of halogens is 1. The minimum Gasteiger partial charge on any atom is -0.384 e. The first-order chi connectivity index (χ1) is 9.88. The van der Waals surface area contributed by atoms with Gasteiger partial charge in [-0.3, -0.25) is 4.79 Å². The Hall–Kier alpha value is -2.07. The molecule has 0 bridgehead atoms. The van der Waals surface area contributed by atoms with Crippen LogP contribution in [0.4, 0.5) is 5.82 Å². The molecule has 1 amide bonds. The third-order valence-corrected chi connectivity index (χ3v) is 3.69. The van der Waals surface area contributed by atoms with Crippen molar-refractivity contribution in [3.63, 3.8) is 0 Å². The normalized spacial score (nSPS) is 12.0. The van der Waals surface area contributed by atoms with E-state index in [4.69, 9.17) is 17.3 Å². The van der Waals surface area contributed by atoms with Gasteiger partial charge in [-0.15, -0.1) is 0 Å². The fourth-order valence-electron chi connectivity index (χ4n) is 2.19. The fraction of sp³-hybridized carbons (Fsp3) is 0.250. The molecule has 1 aromatic carbocycles. The molecule has 0 saturated carbocycles. The number of hydrogen-bond donors (Lipinski definition) is 1. The number of anilines is 1. The predicted octanol–water partition coefficient (Wildman–Crippen LogP) is 3.46. The molecule has 0 saturated heterocycles. The monoisotopic (exact) mass is 303 g/mol. The van der Waals surface area contributed by atoms with Crippen LogP contribution in [-0.2, 0) is 0 Å². The molecular weight excluding hydrogens is 286 g/mol. The van der Waals surface area contributed by atoms with Crippen molar-refractivity contribution in [3.8, 4) is 0 Å². The Morgan fingerprint density at radius 2 is 2.05 bits per heavy atom. The molecule has 0 aliphatic carbocycles. The van der Waals surface area contributed by atoms with Crippen LogP contribution in [0.2, 0.25) is 5.02 Å². The van der Waals surface area contributed by atoms with Gasteiger partial charge in [-0.2, -0.15) is 0 Å². The molecule has 1 heterocycles. The molecule has 21 heavy (non-hydrogen) atoms. The number of carbonyl (C=O) groups excluding carboxylic acids is 1. The van der Waals surface area contributed by atoms with Crippen molar-refractivity contribution in [2.45, 2.75) is 19.9 Å². The Labute approximate surface area is 129 Å². The lowest BCUT2D eigenvalue weighted by Gasteiger charge is -2.25. The van der Waals surface area contributed by atoms with Crippen LogP contribution in [0.1, 0.15) is 34.6 Å². The minimum absolute atomic E-state index is 0.0918. The molecule has 0 spiro atoms. The predicted molar refractivity (Wildman–Crippen MR) is 85.3 cm³/mol. The number of pyridine rings is 1. The van der Waals surface area contributed by atoms with E-state index in [0.29, 0.717) is 16.4 Å². The van der Waals surface area contributed by atoms with E-state index in [1.165, 1.54) is 0 Å². The number of nitrogen functional groups attached to an aromatic ring is 1. The smallest absolute Gasteiger partial charge is 0.254 e. The third-order valence-electron chi connectivity index (χ3n) is 3.45. The summed E-state index contributed by atoms with van der Waals surface area (Å²) in [5.41, 5.74) is 7.95. The fourth-order valence-corrected chi connectivity index (χ4v) is 2.39. The first kappa shape index (κ1) is 15.3. The van der Waals surface area contributed by atoms with Gasteiger partial charge in [0.1, 0.15) is 5.82 Å². The van der Waals surface area contributed by atoms with Crippen LogP contribution in [0.3, 0.4) is 0 Å². The van der Waals surface area contributed by atoms with Crippen LogP contribution in [0.5, 0.6) is 0 Å². The number of aromatic nitrogens is 1. The lowest BCUT2D eigenvalue weighted by molar-refractivity contribution is 0.0742. The topological polar surface area (TPSA) is 59.2 Å². The lowest BCUT2D eigenvalue weighted by Crippen LogP contribution is -2.29. The Balaban J connectivity index is 2.26. The standard InChI is InChI=1S/C16H18ClN3O/c1-10-7-13(9-15(18)19-10)16(21)20(3)11(2)12-5-4-6-14(17)8-12/h4-9,11H,1-3H3,(H2,18,19). The molecule has 1 aromatic heterocycles. The Morgan fingerprint density at radius 3 is 2.67 bits per heavy atom. The molecule has 0 aliphatic rings. The van der Waals surface area contributed by atoms with Gasteiger partial charge in [0.2, 0.25) is 0 Å². The average Bonchev–Trinajstić information content (AvgIpc) is 2.44. The maximum Gasteiger partial charge on any atom is 0.254 e. The lowest BCUT2D eigenvalue weighted by atomic mass is 10.1. The molecule has 4 nitrogen and oxygen atoms in total. The van der Waals surface area contributed by atoms with Crippen LogP contribution in [0.15, 0.2) is 36.4 Å². The zero-order valence-corrected chi connectivity index (χ0v) is 13.1. The summed E-state index contributed by atoms with van der Waals surface area (Å²) in [6.45, 7) is 3.77. The second-order valence-electron chi connectivity index (χ2n) is 5.07. The summed E-state index contributed by atoms with van der Waals surface area (Å²) in [5, 5.41) is 0.657. The maximum atomic E-state index is 12.6. The van der Waals surface area contributed by atoms with E-state index in [1.807, 2.05) is 38.1 Å². The number of rotatable bonds is 3. The van der Waals surface area contributed by atoms with Gasteiger partial charge in [0.05, 0.1) is 6.04 Å². The van der Waals surface area contributed by atoms with Crippen LogP contribution in [0, 0.1) is 6.92 Å². The quantitative estimate of drug-likeness (QED) is 0.944. The molecule has 0 fully saturated rings. The molecular formula is C16H18ClN3O. The Kier molecular flexibility index (Phi) is 4.48. The molecule has 2 N–H and O–H groups in total. The Morgan fingerprint density at radius 1 is 1.33 bits per heavy atom. The summed E-state index contributed by atoms with van der Waals surface area (Å²) in [7, 11) is 1.76. The van der Waals surface area contributed by atoms with Crippen LogP contribution < -0.4 is 5.73 Å². The highest BCUT2D eigenvalue weighted by molar-refractivity contribution is 6.30. The van der Waals surface area contributed by atoms with Gasteiger partial charge in [-0.05, 0) is 43.7 Å². The van der Waals surface area contributed by atoms with Crippen LogP contribution in [0.25, 0.3) is 0 Å². The second kappa shape index (κ2) is 6.14. The van der Waals surface area contributed by atoms with Gasteiger partial charge in [0.15, 0.2) is 0 Å². The van der Waals surface area contributed by atoms with E-state index in [1.54, 1.807) is 24.1 Å². The highest BCUT2D eigenvalue weighted by atomic mass is 35.5. The summed E-state index contributed by atoms with van der Waals surface area (Å²) in [5.74, 6) is 0.252. The summed E-state index contributed by atoms with van der Waals surface area (Å²) in [6.07, 6.45) is 0. The van der Waals surface area contributed by atoms with Crippen molar-refractivity contribution < 1.29 is 4.79 Å². The van der Waals surface area contributed by atoms with E-state index in [0.717, 1.165) is 11.3 Å². The molecule has 0 aliphatic heterocycles. The van der Waals surface area contributed by atoms with E-state index < -0.39 is 0 Å². The van der Waals surface area contributed by atoms with E-state index in [9.17, 15) is 4.79 Å². The Bertz CT molecular complexity index is 652. The number of nitrogens with zero attached hydrogens (tertiary/aromatic N) is 2. The number of benzene rings is 1. The summed E-state index contributed by atoms with van der Waals surface area (Å²) in [4.78, 5) is 18.3. The largest absolute Gasteiger partial charge is 0.384 e. The molecule has 1 unspecified atom stereocenters. The number of amides is 1. The average molecular weight is 304 g/mol. The highest BCUT2D eigenvalue weighted by Gasteiger charge is 2.19. The molecule has 5 heteroatoms. The molecule has 110 valence electrons. The van der Waals surface area contributed by atoms with Gasteiger partial charge in [-0.25, -0.2) is 4.98 Å². The first-order valence-electron chi connectivity index (χ1n) is 6.65. The number of aryl methyl sites for hydroxylation is 1. The van der Waals surface area contributed by atoms with Crippen molar-refractivity contribution >= 4 is 23.3 Å². The number of carbonyl (C=O) groups is 1. The van der Waals surface area contributed by atoms with Crippen molar-refractivity contribution in [2.24, 2.45) is 0 Å². The second-order valence-corrected chi connectivity index (χ2v) is 5.51. The van der Waals surface area contributed by atoms with E-state index in [2.05, 4.69) is 4.98 Å². The van der Waals surface area contributed by atoms with Gasteiger partial charge >= 0.3 is 0 Å². The van der Waals surface area contributed by atoms with Gasteiger partial charge in [0, 0.05) is 23.3 Å². The zero-order chi connectivity index (χ0) is 15.6. The molecule has 1 atom stereocenters. The maximum absolute atomic E-state index is 12.6. The van der Waals surface area contributed by atoms with Crippen molar-refractivity contribution in [3.05, 3.63) is 58.2 Å². The van der Waals surface area contributed by atoms with Gasteiger partial charge < -0.3 is 10.6 Å². The van der Waals surface area contributed by atoms with E-state index >= 15 is 0 Å². The van der Waals surface area contributed by atoms with Crippen molar-refractivity contribution in [1.82, 2.24) is 9.88 Å².